The summed E-state index contributed by atoms with van der Waals surface area (Å²) >= 11 is 0. The Balaban J connectivity index is 0.000000154. The minimum absolute atomic E-state index is 0.0547. The molecule has 4 amide bonds. The summed E-state index contributed by atoms with van der Waals surface area (Å²) < 4.78 is 81.3. The Labute approximate surface area is 789 Å². The smallest absolute Gasteiger partial charge is 0.228 e. The van der Waals surface area contributed by atoms with Crippen LogP contribution in [0.1, 0.15) is 131 Å². The maximum absolute atomic E-state index is 14.2. The number of rotatable bonds is 26. The van der Waals surface area contributed by atoms with Crippen LogP contribution in [-0.2, 0) is 19.2 Å². The van der Waals surface area contributed by atoms with Crippen LogP contribution in [0, 0.1) is 25.5 Å². The zero-order valence-corrected chi connectivity index (χ0v) is 78.3. The van der Waals surface area contributed by atoms with Gasteiger partial charge in [-0.1, -0.05) is 72.8 Å². The number of fused-ring (bicyclic) bond motifs is 4. The van der Waals surface area contributed by atoms with Crippen molar-refractivity contribution in [2.75, 3.05) is 92.4 Å². The lowest BCUT2D eigenvalue weighted by Crippen LogP contribution is -2.12. The number of aryl methyl sites for hydroxylation is 2. The van der Waals surface area contributed by atoms with Gasteiger partial charge in [-0.15, -0.1) is 0 Å². The van der Waals surface area contributed by atoms with Crippen molar-refractivity contribution in [1.29, 1.82) is 0 Å². The van der Waals surface area contributed by atoms with Crippen molar-refractivity contribution in [3.8, 4) is 80.5 Å². The number of aromatic hydroxyl groups is 4. The highest BCUT2D eigenvalue weighted by Crippen LogP contribution is 2.51. The molecular weight excluding hydrogens is 1730 g/mol. The van der Waals surface area contributed by atoms with Crippen LogP contribution in [0.15, 0.2) is 253 Å². The molecule has 0 saturated carbocycles. The number of phenols is 4. The van der Waals surface area contributed by atoms with Crippen molar-refractivity contribution in [3.05, 3.63) is 342 Å². The summed E-state index contributed by atoms with van der Waals surface area (Å²) in [5.74, 6) is 3.40. The van der Waals surface area contributed by atoms with E-state index in [0.717, 1.165) is 156 Å². The number of amides is 4. The minimum atomic E-state index is -0.378. The molecule has 16 rings (SSSR count). The molecule has 8 N–H and O–H groups in total. The molecule has 12 aromatic rings. The molecule has 0 fully saturated rings. The predicted molar refractivity (Wildman–Crippen MR) is 534 cm³/mol. The lowest BCUT2D eigenvalue weighted by atomic mass is 10.00. The number of allylic oxidation sites excluding steroid dienone is 8. The van der Waals surface area contributed by atoms with Crippen molar-refractivity contribution in [2.24, 2.45) is 0 Å². The molecule has 24 heteroatoms. The minimum Gasteiger partial charge on any atom is -0.504 e. The van der Waals surface area contributed by atoms with Crippen LogP contribution in [0.4, 0.5) is 31.5 Å². The van der Waals surface area contributed by atoms with E-state index in [1.807, 2.05) is 175 Å². The van der Waals surface area contributed by atoms with E-state index in [1.54, 1.807) is 126 Å². The van der Waals surface area contributed by atoms with E-state index < -0.39 is 0 Å². The van der Waals surface area contributed by atoms with E-state index in [1.165, 1.54) is 66.9 Å². The van der Waals surface area contributed by atoms with Crippen LogP contribution >= 0.6 is 0 Å². The van der Waals surface area contributed by atoms with Gasteiger partial charge in [0.1, 0.15) is 34.6 Å². The fourth-order valence-corrected chi connectivity index (χ4v) is 16.7. The Kier molecular flexibility index (Phi) is 31.2. The van der Waals surface area contributed by atoms with Gasteiger partial charge in [-0.3, -0.25) is 19.2 Å². The average Bonchev–Trinajstić information content (AvgIpc) is 1.63. The number of nitrogens with one attached hydrogen (secondary N) is 4. The van der Waals surface area contributed by atoms with E-state index in [9.17, 15) is 48.4 Å². The number of anilines is 4. The van der Waals surface area contributed by atoms with E-state index >= 15 is 0 Å². The molecule has 4 aliphatic rings. The number of hydrogen-bond donors (Lipinski definition) is 8. The monoisotopic (exact) mass is 1830 g/mol. The molecule has 696 valence electrons. The zero-order chi connectivity index (χ0) is 97.3. The van der Waals surface area contributed by atoms with Gasteiger partial charge in [-0.05, 0) is 356 Å². The highest BCUT2D eigenvalue weighted by atomic mass is 19.1. The summed E-state index contributed by atoms with van der Waals surface area (Å²) in [6.45, 7) is 11.8. The van der Waals surface area contributed by atoms with Gasteiger partial charge in [0.15, 0.2) is 46.0 Å². The van der Waals surface area contributed by atoms with Crippen LogP contribution in [0.2, 0.25) is 0 Å². The number of ether oxygens (including phenoxy) is 10. The number of phenolic OH excluding ortho intramolecular Hbond substituents is 4. The molecule has 0 aliphatic heterocycles. The summed E-state index contributed by atoms with van der Waals surface area (Å²) in [5.41, 5.74) is 26.2. The maximum atomic E-state index is 14.2. The van der Waals surface area contributed by atoms with Crippen molar-refractivity contribution in [1.82, 2.24) is 0 Å². The third kappa shape index (κ3) is 22.6. The fourth-order valence-electron chi connectivity index (χ4n) is 16.7. The molecule has 0 atom stereocenters. The fraction of sp³-hybridized carbons (Fsp3) is 0.179. The van der Waals surface area contributed by atoms with Crippen molar-refractivity contribution >= 4 is 115 Å². The third-order valence-electron chi connectivity index (χ3n) is 23.6. The summed E-state index contributed by atoms with van der Waals surface area (Å²) in [6, 6.07) is 67.9. The van der Waals surface area contributed by atoms with Crippen molar-refractivity contribution in [3.63, 3.8) is 0 Å². The van der Waals surface area contributed by atoms with Gasteiger partial charge in [0.25, 0.3) is 0 Å². The topological polar surface area (TPSA) is 290 Å². The highest BCUT2D eigenvalue weighted by Gasteiger charge is 2.32. The quantitative estimate of drug-likeness (QED) is 0.0250. The normalized spacial score (nSPS) is 13.7. The van der Waals surface area contributed by atoms with Crippen LogP contribution in [0.25, 0.3) is 68.9 Å². The molecule has 0 spiro atoms. The first-order valence-electron chi connectivity index (χ1n) is 43.4. The number of carbonyl (C=O) groups is 4. The first-order chi connectivity index (χ1) is 65.5. The molecule has 0 heterocycles. The SMILES string of the molecule is COc1cc(/C=C2/C(C)=C(CC(=O)Nc3cccc(C)c3)c3cc(F)ccc32)ccc1O.COc1ccc2c(c1)C(CC(=O)Nc1cccc(C)c1)=C(C)/C2=C/c1ccc(O)c(OC)c1.COc1cccc(NC(=O)CC2=C(C)/C(=C/c3cc(OC)c(O)c(OC)c3)c3ccc(F)cc32)c1.COc1cccc(NC(=O)CC2=C(C)/C(=C/c3cc(OC)c(O)c(OC)c3)c3ccc(OC)cc32)c1. The third-order valence-corrected chi connectivity index (χ3v) is 23.6. The summed E-state index contributed by atoms with van der Waals surface area (Å²) in [4.78, 5) is 51.7. The largest absolute Gasteiger partial charge is 0.504 e. The van der Waals surface area contributed by atoms with E-state index in [2.05, 4.69) is 21.3 Å². The number of methoxy groups -OCH3 is 10. The summed E-state index contributed by atoms with van der Waals surface area (Å²) in [5, 5.41) is 52.1. The number of halogens is 2. The van der Waals surface area contributed by atoms with Gasteiger partial charge in [0.05, 0.1) is 96.8 Å². The second kappa shape index (κ2) is 43.7. The van der Waals surface area contributed by atoms with Crippen molar-refractivity contribution in [2.45, 2.75) is 67.2 Å². The zero-order valence-electron chi connectivity index (χ0n) is 78.3. The first kappa shape index (κ1) is 97.0. The summed E-state index contributed by atoms with van der Waals surface area (Å²) in [6.07, 6.45) is 8.54. The molecule has 0 unspecified atom stereocenters. The molecule has 0 bridgehead atoms. The Bertz CT molecular complexity index is 6880. The Morgan fingerprint density at radius 1 is 0.265 bits per heavy atom. The van der Waals surface area contributed by atoms with Gasteiger partial charge in [0, 0.05) is 34.9 Å². The molecular formula is C112H106F2N4O18. The van der Waals surface area contributed by atoms with Crippen LogP contribution in [0.5, 0.6) is 80.5 Å². The Morgan fingerprint density at radius 2 is 0.522 bits per heavy atom. The Morgan fingerprint density at radius 3 is 0.809 bits per heavy atom. The highest BCUT2D eigenvalue weighted by molar-refractivity contribution is 6.14. The molecule has 0 radical (unpaired) electrons. The molecule has 0 aromatic heterocycles. The van der Waals surface area contributed by atoms with Crippen molar-refractivity contribution < 1.29 is 95.8 Å². The standard InChI is InChI=1S/C29H29NO6.C28H26FNO5.C28H27NO4.C27H24FNO3/c1-17-23(11-18-12-26(35-4)29(32)27(13-18)36-5)22-10-9-21(34-3)15-25(22)24(17)16-28(31)30-19-7-6-8-20(14-19)33-2;1-16-22(10-17-11-25(34-3)28(32)26(12-17)35-4)21-9-8-18(29)13-24(21)23(16)15-27(31)30-19-6-5-7-20(14-19)33-2;1-17-6-5-7-20(12-17)29-28(31)16-24-18(2)23(22-10-9-21(32-3)15-25(22)24)13-19-8-11-26(30)27(14-19)33-4;1-16-5-4-6-20(11-16)29-27(31)15-23-17(2)22(21-9-8-19(28)14-24(21)23)12-18-7-10-25(30)26(13-18)32-3/h6-15,32H,16H2,1-5H3,(H,30,31);5-14,32H,15H2,1-4H3,(H,30,31);5-15,30H,16H2,1-4H3,(H,29,31);4-14,30H,15H2,1-3H3,(H,29,31)/b23-11-;22-10-;23-13-;22-12-. The van der Waals surface area contributed by atoms with E-state index in [0.29, 0.717) is 57.2 Å². The molecule has 22 nitrogen and oxygen atoms in total. The number of carbonyl (C=O) groups excluding carboxylic acids is 4. The first-order valence-corrected chi connectivity index (χ1v) is 43.4. The van der Waals surface area contributed by atoms with Gasteiger partial charge in [-0.25, -0.2) is 8.78 Å². The Hall–Kier alpha value is -16.5. The van der Waals surface area contributed by atoms with Gasteiger partial charge in [-0.2, -0.15) is 0 Å². The van der Waals surface area contributed by atoms with Crippen LogP contribution < -0.4 is 68.6 Å². The number of benzene rings is 12. The predicted octanol–water partition coefficient (Wildman–Crippen LogP) is 24.0. The summed E-state index contributed by atoms with van der Waals surface area (Å²) in [7, 11) is 15.3. The van der Waals surface area contributed by atoms with Crippen LogP contribution in [0.3, 0.4) is 0 Å². The number of hydrogen-bond acceptors (Lipinski definition) is 18. The molecule has 136 heavy (non-hydrogen) atoms. The molecule has 12 aromatic carbocycles. The lowest BCUT2D eigenvalue weighted by molar-refractivity contribution is -0.116. The molecule has 4 aliphatic carbocycles. The van der Waals surface area contributed by atoms with E-state index in [-0.39, 0.29) is 95.4 Å². The van der Waals surface area contributed by atoms with Gasteiger partial charge in [0.2, 0.25) is 35.1 Å². The van der Waals surface area contributed by atoms with Gasteiger partial charge >= 0.3 is 0 Å². The average molecular weight is 1830 g/mol. The lowest BCUT2D eigenvalue weighted by Gasteiger charge is -2.11. The van der Waals surface area contributed by atoms with E-state index in [4.69, 9.17) is 47.4 Å². The van der Waals surface area contributed by atoms with Crippen LogP contribution in [-0.4, -0.2) is 115 Å². The second-order valence-corrected chi connectivity index (χ2v) is 32.4. The van der Waals surface area contributed by atoms with Gasteiger partial charge < -0.3 is 89.1 Å². The maximum Gasteiger partial charge on any atom is 0.228 e. The molecule has 0 saturated heterocycles. The second-order valence-electron chi connectivity index (χ2n) is 32.4.